The predicted molar refractivity (Wildman–Crippen MR) is 14.3 cm³/mol. The van der Waals surface area contributed by atoms with Gasteiger partial charge in [0.15, 0.2) is 0 Å². The minimum atomic E-state index is -1.83. The minimum absolute atomic E-state index is 0. The molecule has 4 N–H and O–H groups in total. The Kier molecular flexibility index (Phi) is 25.3. The number of hydrogen-bond acceptors (Lipinski definition) is 1. The van der Waals surface area contributed by atoms with Gasteiger partial charge in [0.25, 0.3) is 0 Å². The van der Waals surface area contributed by atoms with Crippen LogP contribution >= 0.6 is 0 Å². The number of rotatable bonds is 0. The summed E-state index contributed by atoms with van der Waals surface area (Å²) >= 11 is 0. The minimum Gasteiger partial charge on any atom is -0.450 e. The summed E-state index contributed by atoms with van der Waals surface area (Å²) in [6.07, 6.45) is -1.83. The predicted octanol–water partition coefficient (Wildman–Crippen LogP) is -0.605. The summed E-state index contributed by atoms with van der Waals surface area (Å²) in [5.41, 5.74) is 0. The molecule has 0 saturated carbocycles. The zero-order chi connectivity index (χ0) is 3.58. The molecule has 0 spiro atoms. The fourth-order valence-electron chi connectivity index (χ4n) is 0. The molecule has 0 bridgehead atoms. The maximum Gasteiger partial charge on any atom is 0.503 e. The van der Waals surface area contributed by atoms with Crippen molar-refractivity contribution in [3.05, 3.63) is 0 Å². The van der Waals surface area contributed by atoms with E-state index in [0.717, 1.165) is 0 Å². The Morgan fingerprint density at radius 3 is 1.33 bits per heavy atom. The average Bonchev–Trinajstić information content (AvgIpc) is 0.811. The first-order valence-corrected chi connectivity index (χ1v) is 0.651. The van der Waals surface area contributed by atoms with E-state index >= 15 is 0 Å². The molecule has 0 aliphatic heterocycles. The summed E-state index contributed by atoms with van der Waals surface area (Å²) in [5.74, 6) is 0. The first-order chi connectivity index (χ1) is 1.73. The third-order valence-corrected chi connectivity index (χ3v) is 0. The maximum absolute atomic E-state index is 8.56. The second kappa shape index (κ2) is 8.83. The summed E-state index contributed by atoms with van der Waals surface area (Å²) < 4.78 is 0. The second-order valence-corrected chi connectivity index (χ2v) is 0.283. The van der Waals surface area contributed by atoms with Crippen LogP contribution in [0.2, 0.25) is 0 Å². The van der Waals surface area contributed by atoms with Crippen LogP contribution in [0.4, 0.5) is 4.79 Å². The molecule has 0 aromatic rings. The third kappa shape index (κ3) is 452. The van der Waals surface area contributed by atoms with Crippen LogP contribution in [-0.2, 0) is 17.1 Å². The van der Waals surface area contributed by atoms with Crippen LogP contribution in [0.25, 0.3) is 0 Å². The van der Waals surface area contributed by atoms with E-state index in [1.807, 2.05) is 0 Å². The summed E-state index contributed by atoms with van der Waals surface area (Å²) in [4.78, 5) is 8.56. The van der Waals surface area contributed by atoms with Crippen molar-refractivity contribution in [2.75, 3.05) is 0 Å². The number of carboxylic acid groups (broad SMARTS) is 2. The van der Waals surface area contributed by atoms with Crippen LogP contribution in [0, 0.1) is 0 Å². The fraction of sp³-hybridized carbons (Fsp3) is 0. The van der Waals surface area contributed by atoms with E-state index in [2.05, 4.69) is 0 Å². The molecule has 0 aromatic heterocycles. The smallest absolute Gasteiger partial charge is 0.450 e. The normalized spacial score (nSPS) is 4.00. The molecule has 0 heterocycles. The van der Waals surface area contributed by atoms with E-state index in [9.17, 15) is 0 Å². The standard InChI is InChI=1S/CH2O3.Cu.H2O/c2-1(3)4;;/h(H2,2,3,4);;1H2. The van der Waals surface area contributed by atoms with Gasteiger partial charge in [-0.05, 0) is 0 Å². The molecule has 6 heavy (non-hydrogen) atoms. The van der Waals surface area contributed by atoms with Crippen LogP contribution in [0.5, 0.6) is 0 Å². The van der Waals surface area contributed by atoms with Gasteiger partial charge >= 0.3 is 6.16 Å². The van der Waals surface area contributed by atoms with Gasteiger partial charge in [0.1, 0.15) is 0 Å². The molecule has 0 rings (SSSR count). The van der Waals surface area contributed by atoms with Gasteiger partial charge < -0.3 is 15.7 Å². The largest absolute Gasteiger partial charge is 0.503 e. The Morgan fingerprint density at radius 2 is 1.33 bits per heavy atom. The first kappa shape index (κ1) is 17.2. The van der Waals surface area contributed by atoms with Crippen molar-refractivity contribution in [1.29, 1.82) is 0 Å². The maximum atomic E-state index is 8.56. The SMILES string of the molecule is O.O=C(O)O.[Cu]. The molecule has 0 aliphatic carbocycles. The van der Waals surface area contributed by atoms with Gasteiger partial charge in [0.2, 0.25) is 0 Å². The fourth-order valence-corrected chi connectivity index (χ4v) is 0. The Hall–Kier alpha value is -0.251. The van der Waals surface area contributed by atoms with E-state index in [1.54, 1.807) is 0 Å². The van der Waals surface area contributed by atoms with Gasteiger partial charge in [0.05, 0.1) is 0 Å². The summed E-state index contributed by atoms with van der Waals surface area (Å²) in [6, 6.07) is 0. The second-order valence-electron chi connectivity index (χ2n) is 0.283. The zero-order valence-corrected chi connectivity index (χ0v) is 3.55. The Labute approximate surface area is 44.6 Å². The Bertz CT molecular complexity index is 30.5. The van der Waals surface area contributed by atoms with Gasteiger partial charge in [0, 0.05) is 17.1 Å². The van der Waals surface area contributed by atoms with Gasteiger partial charge in [-0.2, -0.15) is 0 Å². The topological polar surface area (TPSA) is 89.0 Å². The number of hydrogen-bond donors (Lipinski definition) is 2. The molecule has 0 unspecified atom stereocenters. The van der Waals surface area contributed by atoms with Crippen LogP contribution in [-0.4, -0.2) is 21.8 Å². The molecule has 43 valence electrons. The Balaban J connectivity index is -0.0000000450. The molecule has 5 heteroatoms. The number of carbonyl (C=O) groups is 1. The van der Waals surface area contributed by atoms with Crippen LogP contribution in [0.3, 0.4) is 0 Å². The molecule has 0 saturated heterocycles. The van der Waals surface area contributed by atoms with Crippen LogP contribution < -0.4 is 0 Å². The van der Waals surface area contributed by atoms with E-state index < -0.39 is 6.16 Å². The van der Waals surface area contributed by atoms with Gasteiger partial charge in [-0.25, -0.2) is 4.79 Å². The van der Waals surface area contributed by atoms with E-state index in [1.165, 1.54) is 0 Å². The molecule has 4 nitrogen and oxygen atoms in total. The summed E-state index contributed by atoms with van der Waals surface area (Å²) in [5, 5.41) is 13.9. The van der Waals surface area contributed by atoms with Crippen LogP contribution in [0.1, 0.15) is 0 Å². The quantitative estimate of drug-likeness (QED) is 0.444. The van der Waals surface area contributed by atoms with Crippen molar-refractivity contribution in [3.63, 3.8) is 0 Å². The molecule has 0 aromatic carbocycles. The van der Waals surface area contributed by atoms with Crippen molar-refractivity contribution in [2.24, 2.45) is 0 Å². The van der Waals surface area contributed by atoms with E-state index in [0.29, 0.717) is 0 Å². The summed E-state index contributed by atoms with van der Waals surface area (Å²) in [6.45, 7) is 0. The third-order valence-electron chi connectivity index (χ3n) is 0. The van der Waals surface area contributed by atoms with Gasteiger partial charge in [-0.1, -0.05) is 0 Å². The molecular formula is CH4CuO4. The van der Waals surface area contributed by atoms with Crippen molar-refractivity contribution in [3.8, 4) is 0 Å². The van der Waals surface area contributed by atoms with E-state index in [-0.39, 0.29) is 22.5 Å². The molecule has 0 atom stereocenters. The molecule has 1 radical (unpaired) electrons. The summed E-state index contributed by atoms with van der Waals surface area (Å²) in [7, 11) is 0. The monoisotopic (exact) mass is 143 g/mol. The van der Waals surface area contributed by atoms with Crippen molar-refractivity contribution in [2.45, 2.75) is 0 Å². The van der Waals surface area contributed by atoms with Crippen LogP contribution in [0.15, 0.2) is 0 Å². The molecular weight excluding hydrogens is 140 g/mol. The van der Waals surface area contributed by atoms with Gasteiger partial charge in [-0.15, -0.1) is 0 Å². The molecule has 0 fully saturated rings. The molecule has 0 aliphatic rings. The van der Waals surface area contributed by atoms with Crippen molar-refractivity contribution < 1.29 is 37.6 Å². The zero-order valence-electron chi connectivity index (χ0n) is 2.60. The van der Waals surface area contributed by atoms with Crippen molar-refractivity contribution >= 4 is 6.16 Å². The average molecular weight is 144 g/mol. The van der Waals surface area contributed by atoms with Gasteiger partial charge in [-0.3, -0.25) is 0 Å². The van der Waals surface area contributed by atoms with Crippen molar-refractivity contribution in [1.82, 2.24) is 0 Å². The first-order valence-electron chi connectivity index (χ1n) is 0.651. The molecule has 0 amide bonds. The Morgan fingerprint density at radius 1 is 1.33 bits per heavy atom. The van der Waals surface area contributed by atoms with E-state index in [4.69, 9.17) is 15.0 Å².